The minimum atomic E-state index is -0.601. The minimum absolute atomic E-state index is 0.153. The number of anilines is 1. The summed E-state index contributed by atoms with van der Waals surface area (Å²) in [5.74, 6) is -0.646. The van der Waals surface area contributed by atoms with Crippen LogP contribution in [0, 0.1) is 5.41 Å². The van der Waals surface area contributed by atoms with Crippen LogP contribution in [0.1, 0.15) is 46.3 Å². The molecule has 1 N–H and O–H groups in total. The summed E-state index contributed by atoms with van der Waals surface area (Å²) in [6, 6.07) is 13.9. The third-order valence-corrected chi connectivity index (χ3v) is 8.96. The van der Waals surface area contributed by atoms with E-state index >= 15 is 0 Å². The standard InChI is InChI=1S/C29H31N5O4/c35-25-7-6-24(27(37)30-25)34-14-21-10-19-12-31(13-20(19)11-23(21)28(34)38)15-26(36)32-9-8-29(16-32)17-33(18-29)22-4-2-1-3-5-22/h1-5,10-11,24H,6-9,12-18H2,(H,30,35,37). The lowest BCUT2D eigenvalue weighted by atomic mass is 9.79. The van der Waals surface area contributed by atoms with Crippen molar-refractivity contribution in [1.29, 1.82) is 0 Å². The maximum Gasteiger partial charge on any atom is 0.255 e. The number of nitrogens with zero attached hydrogens (tertiary/aromatic N) is 4. The Labute approximate surface area is 221 Å². The van der Waals surface area contributed by atoms with Gasteiger partial charge in [-0.1, -0.05) is 24.3 Å². The first kappa shape index (κ1) is 23.4. The predicted octanol–water partition coefficient (Wildman–Crippen LogP) is 1.50. The molecule has 5 aliphatic heterocycles. The zero-order valence-electron chi connectivity index (χ0n) is 21.3. The summed E-state index contributed by atoms with van der Waals surface area (Å²) in [5, 5.41) is 2.35. The van der Waals surface area contributed by atoms with Crippen molar-refractivity contribution < 1.29 is 19.2 Å². The Kier molecular flexibility index (Phi) is 5.33. The molecule has 0 bridgehead atoms. The summed E-state index contributed by atoms with van der Waals surface area (Å²) in [5.41, 5.74) is 5.24. The molecule has 5 aliphatic rings. The second-order valence-electron chi connectivity index (χ2n) is 11.6. The van der Waals surface area contributed by atoms with Gasteiger partial charge in [-0.05, 0) is 47.7 Å². The first-order chi connectivity index (χ1) is 18.4. The van der Waals surface area contributed by atoms with Crippen molar-refractivity contribution in [3.05, 3.63) is 64.7 Å². The fourth-order valence-electron chi connectivity index (χ4n) is 6.94. The van der Waals surface area contributed by atoms with Crippen molar-refractivity contribution in [3.8, 4) is 0 Å². The van der Waals surface area contributed by atoms with Crippen LogP contribution in [0.4, 0.5) is 5.69 Å². The van der Waals surface area contributed by atoms with Gasteiger partial charge in [0, 0.05) is 68.9 Å². The Balaban J connectivity index is 0.955. The van der Waals surface area contributed by atoms with Gasteiger partial charge >= 0.3 is 0 Å². The third-order valence-electron chi connectivity index (χ3n) is 8.96. The predicted molar refractivity (Wildman–Crippen MR) is 139 cm³/mol. The van der Waals surface area contributed by atoms with E-state index in [9.17, 15) is 19.2 Å². The second-order valence-corrected chi connectivity index (χ2v) is 11.6. The van der Waals surface area contributed by atoms with E-state index in [4.69, 9.17) is 0 Å². The number of piperidine rings is 1. The molecule has 9 nitrogen and oxygen atoms in total. The van der Waals surface area contributed by atoms with Gasteiger partial charge in [0.25, 0.3) is 5.91 Å². The summed E-state index contributed by atoms with van der Waals surface area (Å²) in [6.45, 7) is 5.74. The number of likely N-dealkylation sites (tertiary alicyclic amines) is 1. The van der Waals surface area contributed by atoms with E-state index in [1.54, 1.807) is 4.90 Å². The van der Waals surface area contributed by atoms with Crippen LogP contribution >= 0.6 is 0 Å². The molecule has 0 aliphatic carbocycles. The fourth-order valence-corrected chi connectivity index (χ4v) is 6.94. The van der Waals surface area contributed by atoms with Crippen LogP contribution in [0.25, 0.3) is 0 Å². The van der Waals surface area contributed by atoms with Crippen molar-refractivity contribution in [2.45, 2.75) is 44.9 Å². The van der Waals surface area contributed by atoms with Crippen LogP contribution in [-0.2, 0) is 34.0 Å². The van der Waals surface area contributed by atoms with Gasteiger partial charge in [-0.25, -0.2) is 0 Å². The maximum atomic E-state index is 13.2. The lowest BCUT2D eigenvalue weighted by Crippen LogP contribution is -2.58. The molecule has 2 aromatic carbocycles. The van der Waals surface area contributed by atoms with Gasteiger partial charge in [-0.15, -0.1) is 0 Å². The lowest BCUT2D eigenvalue weighted by Gasteiger charge is -2.49. The number of rotatable bonds is 4. The van der Waals surface area contributed by atoms with Crippen LogP contribution in [-0.4, -0.2) is 77.1 Å². The molecule has 7 rings (SSSR count). The van der Waals surface area contributed by atoms with E-state index in [0.29, 0.717) is 38.2 Å². The van der Waals surface area contributed by atoms with E-state index in [-0.39, 0.29) is 29.6 Å². The number of para-hydroxylation sites is 1. The van der Waals surface area contributed by atoms with E-state index < -0.39 is 11.9 Å². The number of imide groups is 1. The van der Waals surface area contributed by atoms with Crippen LogP contribution < -0.4 is 10.2 Å². The smallest absolute Gasteiger partial charge is 0.255 e. The number of benzene rings is 2. The van der Waals surface area contributed by atoms with Gasteiger partial charge in [0.05, 0.1) is 6.54 Å². The molecule has 1 unspecified atom stereocenters. The third kappa shape index (κ3) is 3.88. The molecule has 38 heavy (non-hydrogen) atoms. The molecule has 1 spiro atoms. The van der Waals surface area contributed by atoms with Crippen molar-refractivity contribution in [2.24, 2.45) is 5.41 Å². The lowest BCUT2D eigenvalue weighted by molar-refractivity contribution is -0.137. The molecule has 0 saturated carbocycles. The average molecular weight is 514 g/mol. The summed E-state index contributed by atoms with van der Waals surface area (Å²) in [4.78, 5) is 58.4. The maximum absolute atomic E-state index is 13.2. The SMILES string of the molecule is O=C1CCC(N2Cc3cc4c(cc3C2=O)CN(CC(=O)N2CCC3(C2)CN(c2ccccc2)C3)C4)C(=O)N1. The topological polar surface area (TPSA) is 93.3 Å². The number of amides is 4. The number of carbonyl (C=O) groups is 4. The van der Waals surface area contributed by atoms with E-state index in [1.165, 1.54) is 5.69 Å². The van der Waals surface area contributed by atoms with Crippen molar-refractivity contribution >= 4 is 29.3 Å². The van der Waals surface area contributed by atoms with Crippen LogP contribution in [0.2, 0.25) is 0 Å². The highest BCUT2D eigenvalue weighted by Gasteiger charge is 2.49. The molecule has 4 amide bonds. The van der Waals surface area contributed by atoms with Gasteiger partial charge in [-0.2, -0.15) is 0 Å². The molecule has 9 heteroatoms. The van der Waals surface area contributed by atoms with Gasteiger partial charge in [-0.3, -0.25) is 29.4 Å². The Bertz CT molecular complexity index is 1350. The number of carbonyl (C=O) groups excluding carboxylic acids is 4. The summed E-state index contributed by atoms with van der Waals surface area (Å²) in [6.07, 6.45) is 1.67. The van der Waals surface area contributed by atoms with Crippen molar-refractivity contribution in [1.82, 2.24) is 20.0 Å². The fraction of sp³-hybridized carbons (Fsp3) is 0.448. The minimum Gasteiger partial charge on any atom is -0.370 e. The summed E-state index contributed by atoms with van der Waals surface area (Å²) < 4.78 is 0. The number of nitrogens with one attached hydrogen (secondary N) is 1. The largest absolute Gasteiger partial charge is 0.370 e. The highest BCUT2D eigenvalue weighted by atomic mass is 16.2. The normalized spacial score (nSPS) is 24.1. The Hall–Kier alpha value is -3.72. The van der Waals surface area contributed by atoms with Gasteiger partial charge < -0.3 is 14.7 Å². The molecule has 2 aromatic rings. The highest BCUT2D eigenvalue weighted by Crippen LogP contribution is 2.42. The first-order valence-electron chi connectivity index (χ1n) is 13.5. The van der Waals surface area contributed by atoms with Gasteiger partial charge in [0.15, 0.2) is 0 Å². The van der Waals surface area contributed by atoms with E-state index in [0.717, 1.165) is 49.3 Å². The van der Waals surface area contributed by atoms with E-state index in [1.807, 2.05) is 17.0 Å². The first-order valence-corrected chi connectivity index (χ1v) is 13.5. The number of hydrogen-bond donors (Lipinski definition) is 1. The van der Waals surface area contributed by atoms with Crippen LogP contribution in [0.3, 0.4) is 0 Å². The zero-order chi connectivity index (χ0) is 26.0. The van der Waals surface area contributed by atoms with Crippen molar-refractivity contribution in [3.63, 3.8) is 0 Å². The molecular weight excluding hydrogens is 482 g/mol. The molecule has 1 atom stereocenters. The van der Waals surface area contributed by atoms with Gasteiger partial charge in [0.2, 0.25) is 17.7 Å². The molecule has 0 aromatic heterocycles. The van der Waals surface area contributed by atoms with Crippen LogP contribution in [0.15, 0.2) is 42.5 Å². The second kappa shape index (κ2) is 8.66. The Morgan fingerprint density at radius 2 is 1.71 bits per heavy atom. The molecule has 3 saturated heterocycles. The summed E-state index contributed by atoms with van der Waals surface area (Å²) in [7, 11) is 0. The Morgan fingerprint density at radius 3 is 2.47 bits per heavy atom. The molecule has 5 heterocycles. The highest BCUT2D eigenvalue weighted by molar-refractivity contribution is 6.05. The zero-order valence-corrected chi connectivity index (χ0v) is 21.3. The molecule has 196 valence electrons. The molecular formula is C29H31N5O4. The molecule has 3 fully saturated rings. The van der Waals surface area contributed by atoms with Crippen molar-refractivity contribution in [2.75, 3.05) is 37.6 Å². The number of hydrogen-bond acceptors (Lipinski definition) is 6. The summed E-state index contributed by atoms with van der Waals surface area (Å²) >= 11 is 0. The Morgan fingerprint density at radius 1 is 0.947 bits per heavy atom. The van der Waals surface area contributed by atoms with E-state index in [2.05, 4.69) is 45.4 Å². The van der Waals surface area contributed by atoms with Gasteiger partial charge in [0.1, 0.15) is 6.04 Å². The number of fused-ring (bicyclic) bond motifs is 2. The monoisotopic (exact) mass is 513 g/mol. The average Bonchev–Trinajstić information content (AvgIpc) is 3.58. The quantitative estimate of drug-likeness (QED) is 0.623. The van der Waals surface area contributed by atoms with Crippen LogP contribution in [0.5, 0.6) is 0 Å². The molecule has 0 radical (unpaired) electrons.